The van der Waals surface area contributed by atoms with Crippen LogP contribution in [-0.4, -0.2) is 42.1 Å². The molecule has 76 valence electrons. The molecule has 2 N–H and O–H groups in total. The summed E-state index contributed by atoms with van der Waals surface area (Å²) in [6, 6.07) is -0.337. The first-order valence-electron chi connectivity index (χ1n) is 4.28. The molecule has 0 rings (SSSR count). The third-order valence-electron chi connectivity index (χ3n) is 1.58. The molecule has 0 bridgehead atoms. The van der Waals surface area contributed by atoms with Gasteiger partial charge in [-0.25, -0.2) is 4.79 Å². The van der Waals surface area contributed by atoms with Gasteiger partial charge in [-0.1, -0.05) is 13.3 Å². The van der Waals surface area contributed by atoms with Crippen molar-refractivity contribution in [3.8, 4) is 0 Å². The molecule has 0 aliphatic carbocycles. The third-order valence-corrected chi connectivity index (χ3v) is 1.58. The quantitative estimate of drug-likeness (QED) is 0.660. The van der Waals surface area contributed by atoms with Crippen LogP contribution in [0.25, 0.3) is 0 Å². The van der Waals surface area contributed by atoms with Crippen LogP contribution in [-0.2, 0) is 4.79 Å². The van der Waals surface area contributed by atoms with Gasteiger partial charge in [0.15, 0.2) is 0 Å². The Morgan fingerprint density at radius 1 is 1.46 bits per heavy atom. The minimum absolute atomic E-state index is 0.324. The minimum Gasteiger partial charge on any atom is -0.480 e. The smallest absolute Gasteiger partial charge is 0.323 e. The molecule has 2 amide bonds. The van der Waals surface area contributed by atoms with Crippen LogP contribution in [0.5, 0.6) is 0 Å². The molecule has 0 unspecified atom stereocenters. The number of hydrogen-bond donors (Lipinski definition) is 2. The minimum atomic E-state index is -1.03. The number of aliphatic carboxylic acids is 1. The molecule has 0 fully saturated rings. The van der Waals surface area contributed by atoms with Crippen molar-refractivity contribution in [2.45, 2.75) is 19.8 Å². The van der Waals surface area contributed by atoms with Crippen LogP contribution in [0.3, 0.4) is 0 Å². The van der Waals surface area contributed by atoms with E-state index in [9.17, 15) is 9.59 Å². The van der Waals surface area contributed by atoms with Gasteiger partial charge in [0, 0.05) is 13.6 Å². The van der Waals surface area contributed by atoms with Crippen LogP contribution >= 0.6 is 0 Å². The number of carboxylic acids is 1. The lowest BCUT2D eigenvalue weighted by Crippen LogP contribution is -2.40. The maximum atomic E-state index is 11.1. The highest BCUT2D eigenvalue weighted by Crippen LogP contribution is 1.91. The van der Waals surface area contributed by atoms with E-state index in [1.165, 1.54) is 4.90 Å². The first kappa shape index (κ1) is 11.7. The molecule has 0 aliphatic rings. The molecule has 0 radical (unpaired) electrons. The van der Waals surface area contributed by atoms with Crippen molar-refractivity contribution >= 4 is 12.0 Å². The van der Waals surface area contributed by atoms with E-state index in [-0.39, 0.29) is 12.6 Å². The van der Waals surface area contributed by atoms with E-state index in [0.717, 1.165) is 12.8 Å². The Kier molecular flexibility index (Phi) is 5.67. The average molecular weight is 188 g/mol. The summed E-state index contributed by atoms with van der Waals surface area (Å²) in [6.45, 7) is 2.36. The molecular formula is C8H16N2O3. The normalized spacial score (nSPS) is 9.38. The number of carboxylic acid groups (broad SMARTS) is 1. The first-order chi connectivity index (χ1) is 6.07. The molecule has 5 nitrogen and oxygen atoms in total. The zero-order valence-corrected chi connectivity index (χ0v) is 8.04. The number of carbonyl (C=O) groups excluding carboxylic acids is 1. The van der Waals surface area contributed by atoms with E-state index < -0.39 is 5.97 Å². The van der Waals surface area contributed by atoms with Crippen molar-refractivity contribution in [1.29, 1.82) is 0 Å². The lowest BCUT2D eigenvalue weighted by Gasteiger charge is -2.16. The van der Waals surface area contributed by atoms with Crippen LogP contribution in [0.15, 0.2) is 0 Å². The fraction of sp³-hybridized carbons (Fsp3) is 0.750. The Bertz CT molecular complexity index is 182. The van der Waals surface area contributed by atoms with Gasteiger partial charge in [-0.3, -0.25) is 4.79 Å². The molecule has 0 saturated carbocycles. The van der Waals surface area contributed by atoms with E-state index in [0.29, 0.717) is 6.54 Å². The number of carbonyl (C=O) groups is 2. The Balaban J connectivity index is 3.63. The zero-order chi connectivity index (χ0) is 10.3. The van der Waals surface area contributed by atoms with E-state index in [2.05, 4.69) is 5.32 Å². The molecule has 0 atom stereocenters. The van der Waals surface area contributed by atoms with Crippen molar-refractivity contribution < 1.29 is 14.7 Å². The third kappa shape index (κ3) is 5.95. The number of nitrogens with zero attached hydrogens (tertiary/aromatic N) is 1. The second-order valence-electron chi connectivity index (χ2n) is 2.83. The van der Waals surface area contributed by atoms with Gasteiger partial charge in [0.05, 0.1) is 0 Å². The number of unbranched alkanes of at least 4 members (excludes halogenated alkanes) is 1. The molecule has 0 saturated heterocycles. The van der Waals surface area contributed by atoms with Gasteiger partial charge in [-0.05, 0) is 6.42 Å². The van der Waals surface area contributed by atoms with E-state index in [4.69, 9.17) is 5.11 Å². The summed E-state index contributed by atoms with van der Waals surface area (Å²) < 4.78 is 0. The highest BCUT2D eigenvalue weighted by molar-refractivity contribution is 5.79. The molecular weight excluding hydrogens is 172 g/mol. The topological polar surface area (TPSA) is 69.6 Å². The standard InChI is InChI=1S/C8H16N2O3/c1-3-4-5-10(2)8(13)9-6-7(11)12/h3-6H2,1-2H3,(H,9,13)(H,11,12). The Labute approximate surface area is 77.7 Å². The predicted molar refractivity (Wildman–Crippen MR) is 48.6 cm³/mol. The summed E-state index contributed by atoms with van der Waals surface area (Å²) in [5.41, 5.74) is 0. The molecule has 0 aromatic heterocycles. The van der Waals surface area contributed by atoms with Crippen LogP contribution in [0.1, 0.15) is 19.8 Å². The summed E-state index contributed by atoms with van der Waals surface area (Å²) in [5.74, 6) is -1.03. The van der Waals surface area contributed by atoms with Gasteiger partial charge in [0.1, 0.15) is 6.54 Å². The first-order valence-corrected chi connectivity index (χ1v) is 4.28. The second kappa shape index (κ2) is 6.28. The van der Waals surface area contributed by atoms with Crippen molar-refractivity contribution in [2.24, 2.45) is 0 Å². The van der Waals surface area contributed by atoms with Crippen molar-refractivity contribution in [3.63, 3.8) is 0 Å². The van der Waals surface area contributed by atoms with Crippen LogP contribution in [0.2, 0.25) is 0 Å². The van der Waals surface area contributed by atoms with Crippen LogP contribution in [0.4, 0.5) is 4.79 Å². The second-order valence-corrected chi connectivity index (χ2v) is 2.83. The Morgan fingerprint density at radius 2 is 2.08 bits per heavy atom. The monoisotopic (exact) mass is 188 g/mol. The highest BCUT2D eigenvalue weighted by atomic mass is 16.4. The lowest BCUT2D eigenvalue weighted by atomic mass is 10.3. The van der Waals surface area contributed by atoms with Gasteiger partial charge < -0.3 is 15.3 Å². The number of nitrogens with one attached hydrogen (secondary N) is 1. The molecule has 0 aromatic rings. The lowest BCUT2D eigenvalue weighted by molar-refractivity contribution is -0.135. The summed E-state index contributed by atoms with van der Waals surface area (Å²) >= 11 is 0. The maximum absolute atomic E-state index is 11.1. The summed E-state index contributed by atoms with van der Waals surface area (Å²) in [4.78, 5) is 22.7. The van der Waals surface area contributed by atoms with Gasteiger partial charge in [-0.2, -0.15) is 0 Å². The summed E-state index contributed by atoms with van der Waals surface area (Å²) in [6.07, 6.45) is 1.94. The number of rotatable bonds is 5. The fourth-order valence-corrected chi connectivity index (χ4v) is 0.783. The molecule has 13 heavy (non-hydrogen) atoms. The number of urea groups is 1. The number of amides is 2. The summed E-state index contributed by atoms with van der Waals surface area (Å²) in [7, 11) is 1.65. The molecule has 0 aromatic carbocycles. The molecule has 0 heterocycles. The van der Waals surface area contributed by atoms with Gasteiger partial charge in [0.25, 0.3) is 0 Å². The van der Waals surface area contributed by atoms with Gasteiger partial charge in [0.2, 0.25) is 0 Å². The van der Waals surface area contributed by atoms with Crippen LogP contribution in [0, 0.1) is 0 Å². The van der Waals surface area contributed by atoms with Gasteiger partial charge >= 0.3 is 12.0 Å². The van der Waals surface area contributed by atoms with E-state index in [1.54, 1.807) is 7.05 Å². The van der Waals surface area contributed by atoms with E-state index >= 15 is 0 Å². The zero-order valence-electron chi connectivity index (χ0n) is 8.04. The molecule has 0 aliphatic heterocycles. The average Bonchev–Trinajstić information content (AvgIpc) is 2.10. The highest BCUT2D eigenvalue weighted by Gasteiger charge is 2.07. The largest absolute Gasteiger partial charge is 0.480 e. The predicted octanol–water partition coefficient (Wildman–Crippen LogP) is 0.513. The van der Waals surface area contributed by atoms with Gasteiger partial charge in [-0.15, -0.1) is 0 Å². The fourth-order valence-electron chi connectivity index (χ4n) is 0.783. The maximum Gasteiger partial charge on any atom is 0.323 e. The SMILES string of the molecule is CCCCN(C)C(=O)NCC(=O)O. The molecule has 5 heteroatoms. The van der Waals surface area contributed by atoms with Crippen molar-refractivity contribution in [2.75, 3.05) is 20.1 Å². The Hall–Kier alpha value is -1.26. The number of hydrogen-bond acceptors (Lipinski definition) is 2. The van der Waals surface area contributed by atoms with E-state index in [1.807, 2.05) is 6.92 Å². The molecule has 0 spiro atoms. The van der Waals surface area contributed by atoms with Crippen molar-refractivity contribution in [3.05, 3.63) is 0 Å². The van der Waals surface area contributed by atoms with Crippen LogP contribution < -0.4 is 5.32 Å². The Morgan fingerprint density at radius 3 is 2.54 bits per heavy atom. The summed E-state index contributed by atoms with van der Waals surface area (Å²) in [5, 5.41) is 10.6. The van der Waals surface area contributed by atoms with Crippen molar-refractivity contribution in [1.82, 2.24) is 10.2 Å².